The number of carbonyl (C=O) groups excluding carboxylic acids is 1. The molecule has 1 rings (SSSR count). The Morgan fingerprint density at radius 3 is 2.53 bits per heavy atom. The van der Waals surface area contributed by atoms with Crippen molar-refractivity contribution in [1.82, 2.24) is 15.3 Å². The number of aliphatic hydroxyl groups is 1. The number of thioether (sulfide) groups is 1. The Labute approximate surface area is 114 Å². The van der Waals surface area contributed by atoms with Gasteiger partial charge in [0.05, 0.1) is 17.8 Å². The summed E-state index contributed by atoms with van der Waals surface area (Å²) in [5, 5.41) is 20.5. The number of hydrogen-bond acceptors (Lipinski definition) is 6. The highest BCUT2D eigenvalue weighted by molar-refractivity contribution is 7.98. The number of aliphatic hydroxyl groups excluding tert-OH is 1. The van der Waals surface area contributed by atoms with E-state index in [0.717, 1.165) is 0 Å². The van der Waals surface area contributed by atoms with E-state index < -0.39 is 18.0 Å². The largest absolute Gasteiger partial charge is 0.479 e. The molecule has 0 aromatic carbocycles. The van der Waals surface area contributed by atoms with Gasteiger partial charge in [0, 0.05) is 0 Å². The van der Waals surface area contributed by atoms with Crippen LogP contribution in [0.15, 0.2) is 5.03 Å². The SMILES string of the molecule is CSc1nc(C)nc(C)c1C(=O)NCC(O)C(=O)O. The number of aryl methyl sites for hydroxylation is 2. The molecule has 1 atom stereocenters. The van der Waals surface area contributed by atoms with Gasteiger partial charge in [0.25, 0.3) is 5.91 Å². The first kappa shape index (κ1) is 15.4. The molecular formula is C11H15N3O4S. The van der Waals surface area contributed by atoms with Gasteiger partial charge in [0.2, 0.25) is 0 Å². The lowest BCUT2D eigenvalue weighted by Crippen LogP contribution is -2.37. The zero-order valence-corrected chi connectivity index (χ0v) is 11.6. The van der Waals surface area contributed by atoms with E-state index in [9.17, 15) is 9.59 Å². The van der Waals surface area contributed by atoms with Crippen molar-refractivity contribution >= 4 is 23.6 Å². The lowest BCUT2D eigenvalue weighted by Gasteiger charge is -2.12. The maximum absolute atomic E-state index is 12.0. The predicted molar refractivity (Wildman–Crippen MR) is 69.3 cm³/mol. The minimum atomic E-state index is -1.63. The molecule has 1 amide bonds. The van der Waals surface area contributed by atoms with E-state index in [4.69, 9.17) is 10.2 Å². The van der Waals surface area contributed by atoms with Crippen molar-refractivity contribution in [2.75, 3.05) is 12.8 Å². The summed E-state index contributed by atoms with van der Waals surface area (Å²) in [7, 11) is 0. The van der Waals surface area contributed by atoms with Gasteiger partial charge in [-0.2, -0.15) is 0 Å². The van der Waals surface area contributed by atoms with Crippen LogP contribution in [0.2, 0.25) is 0 Å². The third-order valence-electron chi connectivity index (χ3n) is 2.33. The molecule has 0 aliphatic rings. The fraction of sp³-hybridized carbons (Fsp3) is 0.455. The minimum absolute atomic E-state index is 0.302. The summed E-state index contributed by atoms with van der Waals surface area (Å²) in [6.45, 7) is 3.04. The number of carboxylic acid groups (broad SMARTS) is 1. The van der Waals surface area contributed by atoms with Gasteiger partial charge in [-0.3, -0.25) is 4.79 Å². The van der Waals surface area contributed by atoms with Crippen molar-refractivity contribution in [1.29, 1.82) is 0 Å². The molecule has 3 N–H and O–H groups in total. The van der Waals surface area contributed by atoms with E-state index in [1.165, 1.54) is 11.8 Å². The van der Waals surface area contributed by atoms with Gasteiger partial charge in [-0.15, -0.1) is 11.8 Å². The Kier molecular flexibility index (Phi) is 5.25. The number of hydrogen-bond donors (Lipinski definition) is 3. The van der Waals surface area contributed by atoms with Crippen LogP contribution in [0.3, 0.4) is 0 Å². The first-order chi connectivity index (χ1) is 8.86. The molecule has 0 aliphatic carbocycles. The molecule has 0 radical (unpaired) electrons. The molecule has 0 saturated heterocycles. The van der Waals surface area contributed by atoms with Crippen LogP contribution in [0.1, 0.15) is 21.9 Å². The first-order valence-corrected chi connectivity index (χ1v) is 6.67. The first-order valence-electron chi connectivity index (χ1n) is 5.45. The van der Waals surface area contributed by atoms with E-state index in [1.807, 2.05) is 0 Å². The summed E-state index contributed by atoms with van der Waals surface area (Å²) in [5.41, 5.74) is 0.815. The fourth-order valence-electron chi connectivity index (χ4n) is 1.46. The number of carbonyl (C=O) groups is 2. The normalized spacial score (nSPS) is 12.0. The van der Waals surface area contributed by atoms with Crippen LogP contribution in [0.4, 0.5) is 0 Å². The number of carboxylic acids is 1. The average molecular weight is 285 g/mol. The molecule has 104 valence electrons. The molecule has 0 bridgehead atoms. The highest BCUT2D eigenvalue weighted by Crippen LogP contribution is 2.20. The zero-order valence-electron chi connectivity index (χ0n) is 10.8. The molecule has 0 aliphatic heterocycles. The number of amides is 1. The maximum atomic E-state index is 12.0. The highest BCUT2D eigenvalue weighted by Gasteiger charge is 2.20. The van der Waals surface area contributed by atoms with Crippen molar-refractivity contribution < 1.29 is 19.8 Å². The standard InChI is InChI=1S/C11H15N3O4S/c1-5-8(10(19-3)14-6(2)13-5)9(16)12-4-7(15)11(17)18/h7,15H,4H2,1-3H3,(H,12,16)(H,17,18). The summed E-state index contributed by atoms with van der Waals surface area (Å²) >= 11 is 1.30. The van der Waals surface area contributed by atoms with Crippen LogP contribution in [-0.4, -0.2) is 51.0 Å². The summed E-state index contributed by atoms with van der Waals surface area (Å²) in [6, 6.07) is 0. The Morgan fingerprint density at radius 2 is 2.00 bits per heavy atom. The Hall–Kier alpha value is -1.67. The van der Waals surface area contributed by atoms with Crippen LogP contribution < -0.4 is 5.32 Å². The van der Waals surface area contributed by atoms with Crippen molar-refractivity contribution in [3.63, 3.8) is 0 Å². The zero-order chi connectivity index (χ0) is 14.6. The Bertz CT molecular complexity index is 507. The molecule has 0 fully saturated rings. The second-order valence-corrected chi connectivity index (χ2v) is 4.60. The van der Waals surface area contributed by atoms with E-state index in [1.54, 1.807) is 20.1 Å². The summed E-state index contributed by atoms with van der Waals surface area (Å²) in [4.78, 5) is 30.7. The van der Waals surface area contributed by atoms with Crippen molar-refractivity contribution in [3.05, 3.63) is 17.1 Å². The van der Waals surface area contributed by atoms with E-state index in [-0.39, 0.29) is 6.54 Å². The van der Waals surface area contributed by atoms with E-state index in [2.05, 4.69) is 15.3 Å². The number of nitrogens with zero attached hydrogens (tertiary/aromatic N) is 2. The lowest BCUT2D eigenvalue weighted by molar-refractivity contribution is -0.146. The third-order valence-corrected chi connectivity index (χ3v) is 3.01. The molecule has 8 heteroatoms. The molecule has 1 aromatic rings. The second-order valence-electron chi connectivity index (χ2n) is 3.80. The van der Waals surface area contributed by atoms with Crippen LogP contribution in [0, 0.1) is 13.8 Å². The van der Waals surface area contributed by atoms with Crippen molar-refractivity contribution in [2.45, 2.75) is 25.0 Å². The van der Waals surface area contributed by atoms with E-state index >= 15 is 0 Å². The fourth-order valence-corrected chi connectivity index (χ4v) is 2.12. The van der Waals surface area contributed by atoms with Crippen LogP contribution in [0.5, 0.6) is 0 Å². The topological polar surface area (TPSA) is 112 Å². The minimum Gasteiger partial charge on any atom is -0.479 e. The molecule has 1 heterocycles. The number of aromatic nitrogens is 2. The van der Waals surface area contributed by atoms with Gasteiger partial charge in [-0.1, -0.05) is 0 Å². The third kappa shape index (κ3) is 3.90. The molecular weight excluding hydrogens is 270 g/mol. The number of nitrogens with one attached hydrogen (secondary N) is 1. The summed E-state index contributed by atoms with van der Waals surface area (Å²) < 4.78 is 0. The van der Waals surface area contributed by atoms with Gasteiger partial charge in [0.15, 0.2) is 6.10 Å². The van der Waals surface area contributed by atoms with Crippen LogP contribution in [-0.2, 0) is 4.79 Å². The van der Waals surface area contributed by atoms with Crippen molar-refractivity contribution in [3.8, 4) is 0 Å². The van der Waals surface area contributed by atoms with Gasteiger partial charge in [0.1, 0.15) is 10.9 Å². The molecule has 0 saturated carbocycles. The van der Waals surface area contributed by atoms with Gasteiger partial charge in [-0.05, 0) is 20.1 Å². The van der Waals surface area contributed by atoms with Gasteiger partial charge >= 0.3 is 5.97 Å². The summed E-state index contributed by atoms with van der Waals surface area (Å²) in [6.07, 6.45) is 0.151. The molecule has 1 aromatic heterocycles. The van der Waals surface area contributed by atoms with E-state index in [0.29, 0.717) is 22.1 Å². The Balaban J connectivity index is 2.91. The predicted octanol–water partition coefficient (Wildman–Crippen LogP) is -0.00936. The second kappa shape index (κ2) is 6.48. The number of aliphatic carboxylic acids is 1. The highest BCUT2D eigenvalue weighted by atomic mass is 32.2. The molecule has 19 heavy (non-hydrogen) atoms. The molecule has 0 spiro atoms. The summed E-state index contributed by atoms with van der Waals surface area (Å²) in [5.74, 6) is -1.33. The molecule has 7 nitrogen and oxygen atoms in total. The Morgan fingerprint density at radius 1 is 1.37 bits per heavy atom. The monoisotopic (exact) mass is 285 g/mol. The van der Waals surface area contributed by atoms with Crippen molar-refractivity contribution in [2.24, 2.45) is 0 Å². The molecule has 1 unspecified atom stereocenters. The average Bonchev–Trinajstić information content (AvgIpc) is 2.34. The van der Waals surface area contributed by atoms with Crippen LogP contribution in [0.25, 0.3) is 0 Å². The maximum Gasteiger partial charge on any atom is 0.334 e. The van der Waals surface area contributed by atoms with Crippen LogP contribution >= 0.6 is 11.8 Å². The smallest absolute Gasteiger partial charge is 0.334 e. The van der Waals surface area contributed by atoms with Gasteiger partial charge in [-0.25, -0.2) is 14.8 Å². The quantitative estimate of drug-likeness (QED) is 0.515. The van der Waals surface area contributed by atoms with Gasteiger partial charge < -0.3 is 15.5 Å². The number of rotatable bonds is 5. The lowest BCUT2D eigenvalue weighted by atomic mass is 10.2.